The van der Waals surface area contributed by atoms with Gasteiger partial charge in [-0.3, -0.25) is 14.6 Å². The van der Waals surface area contributed by atoms with Gasteiger partial charge in [0.1, 0.15) is 5.69 Å². The number of pyridine rings is 1. The van der Waals surface area contributed by atoms with Crippen molar-refractivity contribution in [3.05, 3.63) is 42.2 Å². The summed E-state index contributed by atoms with van der Waals surface area (Å²) in [6.07, 6.45) is 3.34. The molecule has 2 amide bonds. The van der Waals surface area contributed by atoms with E-state index in [2.05, 4.69) is 4.98 Å². The molecule has 0 aliphatic carbocycles. The number of carbonyl (C=O) groups is 2. The van der Waals surface area contributed by atoms with Crippen LogP contribution in [0.5, 0.6) is 0 Å². The van der Waals surface area contributed by atoms with Gasteiger partial charge in [-0.1, -0.05) is 24.3 Å². The highest BCUT2D eigenvalue weighted by Gasteiger charge is 2.30. The molecule has 136 valence electrons. The molecule has 2 aliphatic heterocycles. The fourth-order valence-corrected chi connectivity index (χ4v) is 3.69. The van der Waals surface area contributed by atoms with Crippen molar-refractivity contribution in [2.75, 3.05) is 39.4 Å². The molecule has 2 aromatic rings. The first-order valence-corrected chi connectivity index (χ1v) is 9.23. The summed E-state index contributed by atoms with van der Waals surface area (Å²) >= 11 is 0. The SMILES string of the molecule is O=C(c1cc2ccccc2cn1)N1CCCN(C(=O)C2CCOC2)CC1. The van der Waals surface area contributed by atoms with Crippen LogP contribution in [0.4, 0.5) is 0 Å². The summed E-state index contributed by atoms with van der Waals surface area (Å²) in [7, 11) is 0. The first kappa shape index (κ1) is 17.0. The van der Waals surface area contributed by atoms with Crippen molar-refractivity contribution in [1.29, 1.82) is 0 Å². The summed E-state index contributed by atoms with van der Waals surface area (Å²) in [5.41, 5.74) is 0.465. The summed E-state index contributed by atoms with van der Waals surface area (Å²) < 4.78 is 5.33. The number of hydrogen-bond acceptors (Lipinski definition) is 4. The predicted molar refractivity (Wildman–Crippen MR) is 97.8 cm³/mol. The van der Waals surface area contributed by atoms with Crippen LogP contribution in [-0.2, 0) is 9.53 Å². The van der Waals surface area contributed by atoms with Crippen molar-refractivity contribution in [2.24, 2.45) is 5.92 Å². The van der Waals surface area contributed by atoms with E-state index in [9.17, 15) is 9.59 Å². The topological polar surface area (TPSA) is 62.7 Å². The molecule has 0 spiro atoms. The highest BCUT2D eigenvalue weighted by molar-refractivity contribution is 5.96. The van der Waals surface area contributed by atoms with Crippen LogP contribution in [0.3, 0.4) is 0 Å². The molecule has 0 saturated carbocycles. The molecule has 0 radical (unpaired) electrons. The van der Waals surface area contributed by atoms with E-state index >= 15 is 0 Å². The Morgan fingerprint density at radius 1 is 1.04 bits per heavy atom. The van der Waals surface area contributed by atoms with Crippen LogP contribution in [0.15, 0.2) is 36.5 Å². The average Bonchev–Trinajstić information content (AvgIpc) is 3.11. The van der Waals surface area contributed by atoms with Gasteiger partial charge in [0.25, 0.3) is 5.91 Å². The molecule has 3 heterocycles. The normalized spacial score (nSPS) is 21.0. The molecule has 1 atom stereocenters. The van der Waals surface area contributed by atoms with Gasteiger partial charge in [0.15, 0.2) is 0 Å². The maximum Gasteiger partial charge on any atom is 0.272 e. The predicted octanol–water partition coefficient (Wildman–Crippen LogP) is 1.95. The van der Waals surface area contributed by atoms with E-state index in [1.807, 2.05) is 40.1 Å². The number of carbonyl (C=O) groups excluding carboxylic acids is 2. The third-order valence-corrected chi connectivity index (χ3v) is 5.22. The van der Waals surface area contributed by atoms with Gasteiger partial charge in [-0.25, -0.2) is 0 Å². The van der Waals surface area contributed by atoms with Crippen LogP contribution in [0.2, 0.25) is 0 Å². The van der Waals surface area contributed by atoms with E-state index < -0.39 is 0 Å². The van der Waals surface area contributed by atoms with Crippen LogP contribution in [-0.4, -0.2) is 66.0 Å². The molecule has 1 aromatic heterocycles. The van der Waals surface area contributed by atoms with Crippen molar-refractivity contribution >= 4 is 22.6 Å². The Balaban J connectivity index is 1.44. The quantitative estimate of drug-likeness (QED) is 0.828. The molecule has 4 rings (SSSR count). The number of fused-ring (bicyclic) bond motifs is 1. The van der Waals surface area contributed by atoms with Crippen LogP contribution >= 0.6 is 0 Å². The second-order valence-corrected chi connectivity index (χ2v) is 6.95. The number of benzene rings is 1. The van der Waals surface area contributed by atoms with E-state index in [-0.39, 0.29) is 17.7 Å². The van der Waals surface area contributed by atoms with Crippen LogP contribution in [0.1, 0.15) is 23.3 Å². The van der Waals surface area contributed by atoms with Gasteiger partial charge in [0, 0.05) is 44.4 Å². The second kappa shape index (κ2) is 7.41. The molecule has 6 nitrogen and oxygen atoms in total. The van der Waals surface area contributed by atoms with E-state index in [4.69, 9.17) is 4.74 Å². The molecule has 2 saturated heterocycles. The zero-order valence-corrected chi connectivity index (χ0v) is 14.8. The second-order valence-electron chi connectivity index (χ2n) is 6.95. The largest absolute Gasteiger partial charge is 0.381 e. The number of amides is 2. The van der Waals surface area contributed by atoms with Crippen LogP contribution < -0.4 is 0 Å². The average molecular weight is 353 g/mol. The number of ether oxygens (including phenoxy) is 1. The fourth-order valence-electron chi connectivity index (χ4n) is 3.69. The maximum absolute atomic E-state index is 12.9. The zero-order chi connectivity index (χ0) is 17.9. The standard InChI is InChI=1S/C20H23N3O3/c24-19(17-6-11-26-14-17)22-7-3-8-23(10-9-22)20(25)18-12-15-4-1-2-5-16(15)13-21-18/h1-2,4-5,12-13,17H,3,6-11,14H2. The van der Waals surface area contributed by atoms with Crippen molar-refractivity contribution in [3.8, 4) is 0 Å². The van der Waals surface area contributed by atoms with Gasteiger partial charge in [0.05, 0.1) is 12.5 Å². The number of hydrogen-bond donors (Lipinski definition) is 0. The summed E-state index contributed by atoms with van der Waals surface area (Å²) in [5.74, 6) is 0.0919. The first-order valence-electron chi connectivity index (χ1n) is 9.23. The number of aromatic nitrogens is 1. The Kier molecular flexibility index (Phi) is 4.84. The van der Waals surface area contributed by atoms with Crippen molar-refractivity contribution in [1.82, 2.24) is 14.8 Å². The zero-order valence-electron chi connectivity index (χ0n) is 14.8. The smallest absolute Gasteiger partial charge is 0.272 e. The third kappa shape index (κ3) is 3.42. The van der Waals surface area contributed by atoms with Crippen molar-refractivity contribution in [2.45, 2.75) is 12.8 Å². The summed E-state index contributed by atoms with van der Waals surface area (Å²) in [6, 6.07) is 9.74. The first-order chi connectivity index (χ1) is 12.7. The summed E-state index contributed by atoms with van der Waals surface area (Å²) in [4.78, 5) is 33.5. The molecular weight excluding hydrogens is 330 g/mol. The minimum atomic E-state index is -0.0609. The monoisotopic (exact) mass is 353 g/mol. The molecule has 26 heavy (non-hydrogen) atoms. The molecule has 1 aromatic carbocycles. The number of nitrogens with zero attached hydrogens (tertiary/aromatic N) is 3. The molecular formula is C20H23N3O3. The molecule has 6 heteroatoms. The van der Waals surface area contributed by atoms with E-state index in [1.54, 1.807) is 6.20 Å². The summed E-state index contributed by atoms with van der Waals surface area (Å²) in [6.45, 7) is 3.67. The highest BCUT2D eigenvalue weighted by atomic mass is 16.5. The summed E-state index contributed by atoms with van der Waals surface area (Å²) in [5, 5.41) is 2.04. The lowest BCUT2D eigenvalue weighted by Gasteiger charge is -2.24. The lowest BCUT2D eigenvalue weighted by atomic mass is 10.1. The van der Waals surface area contributed by atoms with Gasteiger partial charge in [-0.2, -0.15) is 0 Å². The minimum Gasteiger partial charge on any atom is -0.381 e. The minimum absolute atomic E-state index is 0.0144. The van der Waals surface area contributed by atoms with Crippen LogP contribution in [0.25, 0.3) is 10.8 Å². The molecule has 1 unspecified atom stereocenters. The molecule has 2 aliphatic rings. The van der Waals surface area contributed by atoms with Gasteiger partial charge in [0.2, 0.25) is 5.91 Å². The van der Waals surface area contributed by atoms with Crippen molar-refractivity contribution in [3.63, 3.8) is 0 Å². The number of rotatable bonds is 2. The highest BCUT2D eigenvalue weighted by Crippen LogP contribution is 2.18. The molecule has 0 N–H and O–H groups in total. The lowest BCUT2D eigenvalue weighted by molar-refractivity contribution is -0.135. The maximum atomic E-state index is 12.9. The Morgan fingerprint density at radius 2 is 1.81 bits per heavy atom. The van der Waals surface area contributed by atoms with Crippen molar-refractivity contribution < 1.29 is 14.3 Å². The Labute approximate surface area is 152 Å². The van der Waals surface area contributed by atoms with E-state index in [0.29, 0.717) is 45.1 Å². The fraction of sp³-hybridized carbons (Fsp3) is 0.450. The van der Waals surface area contributed by atoms with Gasteiger partial charge < -0.3 is 14.5 Å². The van der Waals surface area contributed by atoms with Gasteiger partial charge in [-0.15, -0.1) is 0 Å². The van der Waals surface area contributed by atoms with Gasteiger partial charge in [-0.05, 0) is 24.3 Å². The Bertz CT molecular complexity index is 817. The Morgan fingerprint density at radius 3 is 2.62 bits per heavy atom. The molecule has 2 fully saturated rings. The van der Waals surface area contributed by atoms with Crippen LogP contribution in [0, 0.1) is 5.92 Å². The van der Waals surface area contributed by atoms with E-state index in [0.717, 1.165) is 23.6 Å². The van der Waals surface area contributed by atoms with Gasteiger partial charge >= 0.3 is 0 Å². The third-order valence-electron chi connectivity index (χ3n) is 5.22. The molecule has 0 bridgehead atoms. The lowest BCUT2D eigenvalue weighted by Crippen LogP contribution is -2.40. The van der Waals surface area contributed by atoms with E-state index in [1.165, 1.54) is 0 Å². The Hall–Kier alpha value is -2.47.